The van der Waals surface area contributed by atoms with Gasteiger partial charge in [0.15, 0.2) is 10.4 Å². The van der Waals surface area contributed by atoms with Crippen molar-refractivity contribution in [2.45, 2.75) is 39.7 Å². The van der Waals surface area contributed by atoms with Gasteiger partial charge in [-0.05, 0) is 43.6 Å². The van der Waals surface area contributed by atoms with Gasteiger partial charge in [-0.25, -0.2) is 4.98 Å². The Morgan fingerprint density at radius 2 is 2.12 bits per heavy atom. The zero-order valence-corrected chi connectivity index (χ0v) is 10.8. The Kier molecular flexibility index (Phi) is 3.10. The van der Waals surface area contributed by atoms with Crippen molar-refractivity contribution < 1.29 is 0 Å². The number of H-pyrrole nitrogens is 1. The SMILES string of the molecule is CCC(CC)n1c(=S)[nH]c2c(C)ccnc21. The second-order valence-electron chi connectivity index (χ2n) is 4.10. The molecule has 0 saturated heterocycles. The molecule has 2 aromatic rings. The molecule has 0 saturated carbocycles. The lowest BCUT2D eigenvalue weighted by atomic mass is 10.1. The highest BCUT2D eigenvalue weighted by Crippen LogP contribution is 2.23. The first-order chi connectivity index (χ1) is 7.69. The van der Waals surface area contributed by atoms with Crippen LogP contribution >= 0.6 is 12.2 Å². The summed E-state index contributed by atoms with van der Waals surface area (Å²) in [5.74, 6) is 0. The second-order valence-corrected chi connectivity index (χ2v) is 4.48. The highest BCUT2D eigenvalue weighted by Gasteiger charge is 2.13. The van der Waals surface area contributed by atoms with Crippen molar-refractivity contribution in [3.63, 3.8) is 0 Å². The van der Waals surface area contributed by atoms with Crippen molar-refractivity contribution in [2.75, 3.05) is 0 Å². The Bertz CT molecular complexity index is 549. The first-order valence-corrected chi connectivity index (χ1v) is 6.15. The van der Waals surface area contributed by atoms with Crippen LogP contribution in [0.5, 0.6) is 0 Å². The number of nitrogens with one attached hydrogen (secondary N) is 1. The predicted molar refractivity (Wildman–Crippen MR) is 69.3 cm³/mol. The quantitative estimate of drug-likeness (QED) is 0.822. The smallest absolute Gasteiger partial charge is 0.179 e. The summed E-state index contributed by atoms with van der Waals surface area (Å²) in [6, 6.07) is 2.45. The lowest BCUT2D eigenvalue weighted by molar-refractivity contribution is 0.476. The number of hydrogen-bond donors (Lipinski definition) is 1. The maximum Gasteiger partial charge on any atom is 0.179 e. The molecular formula is C12H17N3S. The first-order valence-electron chi connectivity index (χ1n) is 5.74. The molecule has 0 fully saturated rings. The number of aromatic amines is 1. The number of aryl methyl sites for hydroxylation is 1. The molecule has 4 heteroatoms. The summed E-state index contributed by atoms with van der Waals surface area (Å²) >= 11 is 5.39. The molecule has 0 radical (unpaired) electrons. The number of aromatic nitrogens is 3. The topological polar surface area (TPSA) is 33.6 Å². The third-order valence-electron chi connectivity index (χ3n) is 3.13. The van der Waals surface area contributed by atoms with Gasteiger partial charge in [0.1, 0.15) is 0 Å². The summed E-state index contributed by atoms with van der Waals surface area (Å²) in [6.45, 7) is 6.45. The summed E-state index contributed by atoms with van der Waals surface area (Å²) in [5, 5.41) is 0. The van der Waals surface area contributed by atoms with Gasteiger partial charge in [-0.3, -0.25) is 4.57 Å². The van der Waals surface area contributed by atoms with Gasteiger partial charge in [0.2, 0.25) is 0 Å². The minimum Gasteiger partial charge on any atom is -0.329 e. The summed E-state index contributed by atoms with van der Waals surface area (Å²) in [7, 11) is 0. The molecule has 0 aromatic carbocycles. The third-order valence-corrected chi connectivity index (χ3v) is 3.42. The molecule has 86 valence electrons. The van der Waals surface area contributed by atoms with Crippen molar-refractivity contribution in [3.8, 4) is 0 Å². The van der Waals surface area contributed by atoms with Gasteiger partial charge in [0.25, 0.3) is 0 Å². The molecule has 2 aromatic heterocycles. The number of fused-ring (bicyclic) bond motifs is 1. The Morgan fingerprint density at radius 3 is 2.75 bits per heavy atom. The van der Waals surface area contributed by atoms with E-state index in [0.717, 1.165) is 28.8 Å². The molecule has 0 spiro atoms. The molecule has 1 N–H and O–H groups in total. The summed E-state index contributed by atoms with van der Waals surface area (Å²) < 4.78 is 2.93. The normalized spacial score (nSPS) is 11.5. The lowest BCUT2D eigenvalue weighted by Gasteiger charge is -2.14. The van der Waals surface area contributed by atoms with Gasteiger partial charge in [0.05, 0.1) is 5.52 Å². The molecule has 2 rings (SSSR count). The molecule has 2 heterocycles. The van der Waals surface area contributed by atoms with Gasteiger partial charge in [0, 0.05) is 12.2 Å². The van der Waals surface area contributed by atoms with Gasteiger partial charge in [-0.15, -0.1) is 0 Å². The zero-order chi connectivity index (χ0) is 11.7. The van der Waals surface area contributed by atoms with Crippen LogP contribution in [0.25, 0.3) is 11.2 Å². The molecule has 0 aliphatic heterocycles. The van der Waals surface area contributed by atoms with Crippen LogP contribution in [-0.4, -0.2) is 14.5 Å². The molecule has 0 unspecified atom stereocenters. The first kappa shape index (κ1) is 11.3. The highest BCUT2D eigenvalue weighted by molar-refractivity contribution is 7.71. The fraction of sp³-hybridized carbons (Fsp3) is 0.500. The van der Waals surface area contributed by atoms with Crippen LogP contribution in [0.15, 0.2) is 12.3 Å². The van der Waals surface area contributed by atoms with Gasteiger partial charge in [-0.2, -0.15) is 0 Å². The fourth-order valence-corrected chi connectivity index (χ4v) is 2.47. The van der Waals surface area contributed by atoms with Crippen molar-refractivity contribution in [1.82, 2.24) is 14.5 Å². The fourth-order valence-electron chi connectivity index (χ4n) is 2.14. The van der Waals surface area contributed by atoms with Crippen molar-refractivity contribution in [2.24, 2.45) is 0 Å². The van der Waals surface area contributed by atoms with E-state index in [9.17, 15) is 0 Å². The number of hydrogen-bond acceptors (Lipinski definition) is 2. The molecule has 16 heavy (non-hydrogen) atoms. The van der Waals surface area contributed by atoms with Gasteiger partial charge >= 0.3 is 0 Å². The zero-order valence-electron chi connectivity index (χ0n) is 9.95. The van der Waals surface area contributed by atoms with Crippen LogP contribution in [0.3, 0.4) is 0 Å². The van der Waals surface area contributed by atoms with Crippen LogP contribution in [-0.2, 0) is 0 Å². The monoisotopic (exact) mass is 235 g/mol. The number of imidazole rings is 1. The average molecular weight is 235 g/mol. The predicted octanol–water partition coefficient (Wildman–Crippen LogP) is 3.76. The Hall–Kier alpha value is -1.16. The molecule has 0 bridgehead atoms. The molecular weight excluding hydrogens is 218 g/mol. The van der Waals surface area contributed by atoms with E-state index < -0.39 is 0 Å². The molecule has 0 atom stereocenters. The van der Waals surface area contributed by atoms with Crippen LogP contribution in [0.1, 0.15) is 38.3 Å². The maximum absolute atomic E-state index is 5.39. The number of nitrogens with zero attached hydrogens (tertiary/aromatic N) is 2. The van der Waals surface area contributed by atoms with E-state index in [4.69, 9.17) is 12.2 Å². The standard InChI is InChI=1S/C12H17N3S/c1-4-9(5-2)15-11-10(14-12(15)16)8(3)6-7-13-11/h6-7,9H,4-5H2,1-3H3,(H,14,16). The number of pyridine rings is 1. The second kappa shape index (κ2) is 4.37. The largest absolute Gasteiger partial charge is 0.329 e. The van der Waals surface area contributed by atoms with Crippen LogP contribution in [0.2, 0.25) is 0 Å². The van der Waals surface area contributed by atoms with E-state index in [1.807, 2.05) is 12.3 Å². The molecule has 0 aliphatic carbocycles. The van der Waals surface area contributed by atoms with E-state index in [1.165, 1.54) is 5.56 Å². The average Bonchev–Trinajstić information content (AvgIpc) is 2.60. The van der Waals surface area contributed by atoms with Crippen LogP contribution in [0, 0.1) is 11.7 Å². The summed E-state index contributed by atoms with van der Waals surface area (Å²) in [6.07, 6.45) is 4.00. The molecule has 0 amide bonds. The summed E-state index contributed by atoms with van der Waals surface area (Å²) in [5.41, 5.74) is 3.25. The van der Waals surface area contributed by atoms with E-state index in [-0.39, 0.29) is 0 Å². The highest BCUT2D eigenvalue weighted by atomic mass is 32.1. The van der Waals surface area contributed by atoms with E-state index in [1.54, 1.807) is 0 Å². The van der Waals surface area contributed by atoms with Crippen molar-refractivity contribution in [3.05, 3.63) is 22.6 Å². The minimum absolute atomic E-state index is 0.440. The van der Waals surface area contributed by atoms with Crippen LogP contribution < -0.4 is 0 Å². The van der Waals surface area contributed by atoms with E-state index >= 15 is 0 Å². The van der Waals surface area contributed by atoms with E-state index in [2.05, 4.69) is 35.3 Å². The third kappa shape index (κ3) is 1.67. The Morgan fingerprint density at radius 1 is 1.44 bits per heavy atom. The van der Waals surface area contributed by atoms with Crippen molar-refractivity contribution in [1.29, 1.82) is 0 Å². The lowest BCUT2D eigenvalue weighted by Crippen LogP contribution is -2.07. The Balaban J connectivity index is 2.74. The Labute approximate surface area is 101 Å². The summed E-state index contributed by atoms with van der Waals surface area (Å²) in [4.78, 5) is 7.70. The number of rotatable bonds is 3. The molecule has 0 aliphatic rings. The minimum atomic E-state index is 0.440. The van der Waals surface area contributed by atoms with Crippen LogP contribution in [0.4, 0.5) is 0 Å². The van der Waals surface area contributed by atoms with Gasteiger partial charge < -0.3 is 4.98 Å². The van der Waals surface area contributed by atoms with E-state index in [0.29, 0.717) is 6.04 Å². The maximum atomic E-state index is 5.39. The molecule has 3 nitrogen and oxygen atoms in total. The van der Waals surface area contributed by atoms with Gasteiger partial charge in [-0.1, -0.05) is 13.8 Å². The van der Waals surface area contributed by atoms with Crippen molar-refractivity contribution >= 4 is 23.4 Å².